The van der Waals surface area contributed by atoms with Crippen LogP contribution in [0.2, 0.25) is 0 Å². The highest BCUT2D eigenvalue weighted by Crippen LogP contribution is 2.29. The lowest BCUT2D eigenvalue weighted by atomic mass is 10.1. The van der Waals surface area contributed by atoms with Crippen molar-refractivity contribution in [1.82, 2.24) is 0 Å². The van der Waals surface area contributed by atoms with Crippen LogP contribution < -0.4 is 20.9 Å². The maximum atomic E-state index is 7.54. The number of nitrogens with two attached hydrogens (primary N) is 2. The van der Waals surface area contributed by atoms with Crippen molar-refractivity contribution in [3.05, 3.63) is 83.9 Å². The fourth-order valence-electron chi connectivity index (χ4n) is 2.95. The molecule has 0 bridgehead atoms. The molecular weight excluding hydrogens is 380 g/mol. The molecule has 1 heterocycles. The fourth-order valence-corrected chi connectivity index (χ4v) is 2.95. The molecule has 1 aromatic heterocycles. The van der Waals surface area contributed by atoms with Crippen molar-refractivity contribution in [3.63, 3.8) is 0 Å². The normalized spacial score (nSPS) is 10.7. The topological polar surface area (TPSA) is 131 Å². The second-order valence-corrected chi connectivity index (χ2v) is 6.65. The van der Waals surface area contributed by atoms with Crippen molar-refractivity contribution in [2.45, 2.75) is 0 Å². The highest BCUT2D eigenvalue weighted by molar-refractivity contribution is 5.98. The molecule has 0 radical (unpaired) electrons. The van der Waals surface area contributed by atoms with Crippen LogP contribution in [0.25, 0.3) is 22.3 Å². The van der Waals surface area contributed by atoms with Crippen LogP contribution in [0, 0.1) is 10.8 Å². The van der Waals surface area contributed by atoms with Crippen LogP contribution in [-0.2, 0) is 0 Å². The number of nitrogens with one attached hydrogen (secondary N) is 2. The number of furan rings is 1. The molecule has 4 aromatic rings. The van der Waals surface area contributed by atoms with E-state index in [9.17, 15) is 0 Å². The summed E-state index contributed by atoms with van der Waals surface area (Å²) in [4.78, 5) is 0. The van der Waals surface area contributed by atoms with Gasteiger partial charge in [-0.2, -0.15) is 0 Å². The molecule has 4 rings (SSSR count). The molecule has 3 aromatic carbocycles. The van der Waals surface area contributed by atoms with Gasteiger partial charge in [0.1, 0.15) is 34.5 Å². The second kappa shape index (κ2) is 8.00. The molecular formula is C23H20N4O3. The van der Waals surface area contributed by atoms with Gasteiger partial charge in [0, 0.05) is 22.1 Å². The van der Waals surface area contributed by atoms with E-state index in [4.69, 9.17) is 36.2 Å². The summed E-state index contributed by atoms with van der Waals surface area (Å²) in [7, 11) is 0. The van der Waals surface area contributed by atoms with Crippen LogP contribution >= 0.6 is 0 Å². The number of nitrogen functional groups attached to an aromatic ring is 2. The minimum Gasteiger partial charge on any atom is -0.458 e. The van der Waals surface area contributed by atoms with Gasteiger partial charge in [-0.25, -0.2) is 0 Å². The zero-order chi connectivity index (χ0) is 21.1. The monoisotopic (exact) mass is 400 g/mol. The van der Waals surface area contributed by atoms with E-state index in [0.717, 1.165) is 16.7 Å². The number of fused-ring (bicyclic) bond motifs is 1. The summed E-state index contributed by atoms with van der Waals surface area (Å²) in [5.74, 6) is 2.03. The number of rotatable bonds is 7. The first-order valence-electron chi connectivity index (χ1n) is 9.18. The molecule has 0 aliphatic rings. The summed E-state index contributed by atoms with van der Waals surface area (Å²) in [5, 5.41) is 15.9. The van der Waals surface area contributed by atoms with E-state index in [1.54, 1.807) is 36.4 Å². The average Bonchev–Trinajstić information content (AvgIpc) is 3.18. The molecule has 0 spiro atoms. The first-order chi connectivity index (χ1) is 14.5. The molecule has 0 aliphatic carbocycles. The Hall–Kier alpha value is -4.26. The Morgan fingerprint density at radius 3 is 1.90 bits per heavy atom. The van der Waals surface area contributed by atoms with E-state index >= 15 is 0 Å². The Balaban J connectivity index is 1.39. The van der Waals surface area contributed by atoms with E-state index in [-0.39, 0.29) is 18.5 Å². The first kappa shape index (κ1) is 19.1. The van der Waals surface area contributed by atoms with Crippen molar-refractivity contribution in [2.24, 2.45) is 11.5 Å². The maximum absolute atomic E-state index is 7.54. The third-order valence-electron chi connectivity index (χ3n) is 4.59. The van der Waals surface area contributed by atoms with Crippen LogP contribution in [0.5, 0.6) is 11.5 Å². The van der Waals surface area contributed by atoms with Crippen LogP contribution in [0.15, 0.2) is 77.2 Å². The predicted octanol–water partition coefficient (Wildman–Crippen LogP) is 4.08. The number of hydrogen-bond acceptors (Lipinski definition) is 5. The molecule has 150 valence electrons. The van der Waals surface area contributed by atoms with Gasteiger partial charge in [0.25, 0.3) is 0 Å². The van der Waals surface area contributed by atoms with Gasteiger partial charge in [0.2, 0.25) is 6.79 Å². The molecule has 6 N–H and O–H groups in total. The molecule has 7 nitrogen and oxygen atoms in total. The summed E-state index contributed by atoms with van der Waals surface area (Å²) in [6.45, 7) is 0.0528. The lowest BCUT2D eigenvalue weighted by Gasteiger charge is -2.09. The molecule has 7 heteroatoms. The van der Waals surface area contributed by atoms with Crippen LogP contribution in [-0.4, -0.2) is 18.5 Å². The Kier molecular flexibility index (Phi) is 5.09. The van der Waals surface area contributed by atoms with E-state index in [1.807, 2.05) is 36.4 Å². The SMILES string of the molecule is N=C(N)c1ccc(OCOc2ccc(-c3cc4ccc(C(=N)N)cc4o3)cc2)cc1. The molecule has 0 unspecified atom stereocenters. The average molecular weight is 400 g/mol. The van der Waals surface area contributed by atoms with Gasteiger partial charge in [-0.3, -0.25) is 10.8 Å². The Labute approximate surface area is 172 Å². The van der Waals surface area contributed by atoms with Gasteiger partial charge in [-0.1, -0.05) is 12.1 Å². The highest BCUT2D eigenvalue weighted by atomic mass is 16.7. The molecule has 30 heavy (non-hydrogen) atoms. The van der Waals surface area contributed by atoms with Gasteiger partial charge in [-0.15, -0.1) is 0 Å². The highest BCUT2D eigenvalue weighted by Gasteiger charge is 2.08. The summed E-state index contributed by atoms with van der Waals surface area (Å²) >= 11 is 0. The van der Waals surface area contributed by atoms with Gasteiger partial charge in [0.15, 0.2) is 0 Å². The van der Waals surface area contributed by atoms with Crippen LogP contribution in [0.1, 0.15) is 11.1 Å². The predicted molar refractivity (Wildman–Crippen MR) is 116 cm³/mol. The zero-order valence-electron chi connectivity index (χ0n) is 16.0. The Bertz CT molecular complexity index is 1210. The first-order valence-corrected chi connectivity index (χ1v) is 9.18. The summed E-state index contributed by atoms with van der Waals surface area (Å²) in [5.41, 5.74) is 13.8. The number of hydrogen-bond donors (Lipinski definition) is 4. The zero-order valence-corrected chi connectivity index (χ0v) is 16.0. The smallest absolute Gasteiger partial charge is 0.230 e. The number of amidine groups is 2. The van der Waals surface area contributed by atoms with Crippen molar-refractivity contribution in [3.8, 4) is 22.8 Å². The van der Waals surface area contributed by atoms with E-state index in [0.29, 0.717) is 28.2 Å². The van der Waals surface area contributed by atoms with Crippen LogP contribution in [0.4, 0.5) is 0 Å². The van der Waals surface area contributed by atoms with Crippen molar-refractivity contribution < 1.29 is 13.9 Å². The summed E-state index contributed by atoms with van der Waals surface area (Å²) in [6.07, 6.45) is 0. The molecule has 0 saturated carbocycles. The van der Waals surface area contributed by atoms with E-state index in [1.165, 1.54) is 0 Å². The van der Waals surface area contributed by atoms with Crippen molar-refractivity contribution in [1.29, 1.82) is 10.8 Å². The lowest BCUT2D eigenvalue weighted by Crippen LogP contribution is -2.11. The molecule has 0 aliphatic heterocycles. The Morgan fingerprint density at radius 2 is 1.30 bits per heavy atom. The number of benzene rings is 3. The van der Waals surface area contributed by atoms with Crippen molar-refractivity contribution in [2.75, 3.05) is 6.79 Å². The third-order valence-corrected chi connectivity index (χ3v) is 4.59. The minimum atomic E-state index is 0.00775. The van der Waals surface area contributed by atoms with Gasteiger partial charge >= 0.3 is 0 Å². The van der Waals surface area contributed by atoms with E-state index in [2.05, 4.69) is 0 Å². The summed E-state index contributed by atoms with van der Waals surface area (Å²) < 4.78 is 17.1. The molecule has 0 amide bonds. The van der Waals surface area contributed by atoms with E-state index < -0.39 is 0 Å². The van der Waals surface area contributed by atoms with Crippen LogP contribution in [0.3, 0.4) is 0 Å². The van der Waals surface area contributed by atoms with Crippen molar-refractivity contribution >= 4 is 22.6 Å². The lowest BCUT2D eigenvalue weighted by molar-refractivity contribution is 0.120. The minimum absolute atomic E-state index is 0.00775. The quantitative estimate of drug-likeness (QED) is 0.211. The Morgan fingerprint density at radius 1 is 0.733 bits per heavy atom. The molecule has 0 saturated heterocycles. The van der Waals surface area contributed by atoms with Gasteiger partial charge in [-0.05, 0) is 60.7 Å². The fraction of sp³-hybridized carbons (Fsp3) is 0.0435. The largest absolute Gasteiger partial charge is 0.458 e. The van der Waals surface area contributed by atoms with Gasteiger partial charge < -0.3 is 25.4 Å². The van der Waals surface area contributed by atoms with Gasteiger partial charge in [0.05, 0.1) is 0 Å². The second-order valence-electron chi connectivity index (χ2n) is 6.65. The third kappa shape index (κ3) is 4.10. The molecule has 0 fully saturated rings. The molecule has 0 atom stereocenters. The summed E-state index contributed by atoms with van der Waals surface area (Å²) in [6, 6.07) is 21.8. The number of ether oxygens (including phenoxy) is 2. The maximum Gasteiger partial charge on any atom is 0.230 e. The standard InChI is InChI=1S/C23H20N4O3/c24-22(25)15-5-9-19(10-6-15)29-13-28-18-7-3-14(4-8-18)20-11-16-1-2-17(23(26)27)12-21(16)30-20/h1-12H,13H2,(H3,24,25)(H3,26,27).